The Hall–Kier alpha value is -3.43. The first-order valence-corrected chi connectivity index (χ1v) is 12.7. The molecule has 0 saturated carbocycles. The van der Waals surface area contributed by atoms with Gasteiger partial charge in [0.25, 0.3) is 0 Å². The first-order valence-electron chi connectivity index (χ1n) is 11.8. The van der Waals surface area contributed by atoms with Crippen molar-refractivity contribution >= 4 is 29.0 Å². The average Bonchev–Trinajstić information content (AvgIpc) is 3.27. The van der Waals surface area contributed by atoms with E-state index in [1.807, 2.05) is 66.8 Å². The third-order valence-electron chi connectivity index (χ3n) is 6.22. The number of fused-ring (bicyclic) bond motifs is 3. The number of hydrogen-bond donors (Lipinski definition) is 1. The minimum Gasteiger partial charge on any atom is -0.497 e. The molecule has 1 atom stereocenters. The van der Waals surface area contributed by atoms with Gasteiger partial charge >= 0.3 is 0 Å². The monoisotopic (exact) mass is 503 g/mol. The van der Waals surface area contributed by atoms with Crippen LogP contribution in [0.1, 0.15) is 37.6 Å². The van der Waals surface area contributed by atoms with Crippen molar-refractivity contribution in [2.45, 2.75) is 56.7 Å². The fourth-order valence-corrected chi connectivity index (χ4v) is 5.00. The summed E-state index contributed by atoms with van der Waals surface area (Å²) >= 11 is 1.35. The fraction of sp³-hybridized carbons (Fsp3) is 0.333. The van der Waals surface area contributed by atoms with Gasteiger partial charge in [-0.15, -0.1) is 10.2 Å². The predicted octanol–water partition coefficient (Wildman–Crippen LogP) is 5.08. The second kappa shape index (κ2) is 9.55. The van der Waals surface area contributed by atoms with E-state index in [1.54, 1.807) is 7.11 Å². The van der Waals surface area contributed by atoms with E-state index in [4.69, 9.17) is 14.5 Å². The van der Waals surface area contributed by atoms with Crippen LogP contribution < -0.4 is 10.1 Å². The number of ether oxygens (including phenoxy) is 2. The number of thioether (sulfide) groups is 1. The Bertz CT molecular complexity index is 1410. The van der Waals surface area contributed by atoms with Gasteiger partial charge in [0.05, 0.1) is 30.3 Å². The Labute approximate surface area is 214 Å². The van der Waals surface area contributed by atoms with E-state index >= 15 is 0 Å². The summed E-state index contributed by atoms with van der Waals surface area (Å²) in [6, 6.07) is 15.5. The van der Waals surface area contributed by atoms with Crippen LogP contribution in [0.2, 0.25) is 0 Å². The van der Waals surface area contributed by atoms with Crippen molar-refractivity contribution in [1.29, 1.82) is 0 Å². The molecule has 0 saturated heterocycles. The third-order valence-corrected chi connectivity index (χ3v) is 7.27. The Morgan fingerprint density at radius 1 is 1.14 bits per heavy atom. The minimum absolute atomic E-state index is 0.109. The lowest BCUT2D eigenvalue weighted by atomic mass is 9.96. The second-order valence-electron chi connectivity index (χ2n) is 9.57. The molecule has 1 aliphatic rings. The highest BCUT2D eigenvalue weighted by atomic mass is 32.2. The summed E-state index contributed by atoms with van der Waals surface area (Å²) in [6.45, 7) is 8.41. The summed E-state index contributed by atoms with van der Waals surface area (Å²) in [5, 5.41) is 12.2. The molecule has 0 radical (unpaired) electrons. The van der Waals surface area contributed by atoms with Crippen molar-refractivity contribution in [1.82, 2.24) is 19.6 Å². The van der Waals surface area contributed by atoms with E-state index in [-0.39, 0.29) is 11.5 Å². The van der Waals surface area contributed by atoms with E-state index < -0.39 is 5.25 Å². The number of anilines is 1. The molecular formula is C27H29N5O3S. The quantitative estimate of drug-likeness (QED) is 0.367. The SMILES string of the molecule is COc1ccc(-c2nc3c(c4nnc(S[C@@H](C)C(=O)Nc5ccc(C)cc5)n24)COC(C)(C)C3)cc1. The number of carbonyl (C=O) groups excluding carboxylic acids is 1. The lowest BCUT2D eigenvalue weighted by Crippen LogP contribution is -2.33. The van der Waals surface area contributed by atoms with Crippen molar-refractivity contribution in [3.05, 3.63) is 65.4 Å². The molecule has 36 heavy (non-hydrogen) atoms. The number of nitrogens with zero attached hydrogens (tertiary/aromatic N) is 4. The van der Waals surface area contributed by atoms with Gasteiger partial charge in [-0.3, -0.25) is 9.20 Å². The highest BCUT2D eigenvalue weighted by Gasteiger charge is 2.31. The van der Waals surface area contributed by atoms with E-state index in [9.17, 15) is 4.79 Å². The highest BCUT2D eigenvalue weighted by molar-refractivity contribution is 8.00. The Balaban J connectivity index is 1.53. The summed E-state index contributed by atoms with van der Waals surface area (Å²) in [6.07, 6.45) is 0.673. The molecule has 0 fully saturated rings. The molecule has 5 rings (SSSR count). The Kier molecular flexibility index (Phi) is 6.44. The van der Waals surface area contributed by atoms with Crippen molar-refractivity contribution in [2.24, 2.45) is 0 Å². The molecule has 2 aromatic heterocycles. The molecule has 8 nitrogen and oxygen atoms in total. The van der Waals surface area contributed by atoms with Gasteiger partial charge in [-0.1, -0.05) is 29.5 Å². The molecule has 0 spiro atoms. The zero-order chi connectivity index (χ0) is 25.4. The zero-order valence-electron chi connectivity index (χ0n) is 21.0. The van der Waals surface area contributed by atoms with Crippen LogP contribution in [0.5, 0.6) is 5.75 Å². The van der Waals surface area contributed by atoms with Gasteiger partial charge in [0, 0.05) is 23.2 Å². The fourth-order valence-electron chi connectivity index (χ4n) is 4.15. The van der Waals surface area contributed by atoms with E-state index in [0.29, 0.717) is 23.8 Å². The van der Waals surface area contributed by atoms with Crippen LogP contribution in [0, 0.1) is 6.92 Å². The van der Waals surface area contributed by atoms with Gasteiger partial charge in [-0.2, -0.15) is 0 Å². The summed E-state index contributed by atoms with van der Waals surface area (Å²) in [5.41, 5.74) is 5.09. The number of aromatic nitrogens is 4. The van der Waals surface area contributed by atoms with Crippen molar-refractivity contribution < 1.29 is 14.3 Å². The number of nitrogens with one attached hydrogen (secondary N) is 1. The van der Waals surface area contributed by atoms with Gasteiger partial charge in [0.2, 0.25) is 5.91 Å². The summed E-state index contributed by atoms with van der Waals surface area (Å²) in [5.74, 6) is 1.38. The smallest absolute Gasteiger partial charge is 0.237 e. The topological polar surface area (TPSA) is 90.6 Å². The highest BCUT2D eigenvalue weighted by Crippen LogP contribution is 2.35. The first-order chi connectivity index (χ1) is 17.2. The molecule has 0 bridgehead atoms. The zero-order valence-corrected chi connectivity index (χ0v) is 21.8. The van der Waals surface area contributed by atoms with E-state index in [1.165, 1.54) is 11.8 Å². The number of benzene rings is 2. The predicted molar refractivity (Wildman–Crippen MR) is 140 cm³/mol. The molecule has 1 N–H and O–H groups in total. The van der Waals surface area contributed by atoms with E-state index in [2.05, 4.69) is 29.4 Å². The van der Waals surface area contributed by atoms with Crippen molar-refractivity contribution in [3.63, 3.8) is 0 Å². The van der Waals surface area contributed by atoms with Gasteiger partial charge in [0.15, 0.2) is 10.8 Å². The normalized spacial score (nSPS) is 15.4. The van der Waals surface area contributed by atoms with Gasteiger partial charge in [-0.05, 0) is 64.1 Å². The first kappa shape index (κ1) is 24.3. The van der Waals surface area contributed by atoms with Crippen LogP contribution in [-0.4, -0.2) is 43.5 Å². The Morgan fingerprint density at radius 3 is 2.56 bits per heavy atom. The van der Waals surface area contributed by atoms with Crippen LogP contribution in [0.15, 0.2) is 53.7 Å². The molecule has 3 heterocycles. The maximum atomic E-state index is 13.0. The summed E-state index contributed by atoms with van der Waals surface area (Å²) in [7, 11) is 1.64. The lowest BCUT2D eigenvalue weighted by molar-refractivity contribution is -0.115. The number of carbonyl (C=O) groups is 1. The van der Waals surface area contributed by atoms with Crippen LogP contribution in [0.3, 0.4) is 0 Å². The van der Waals surface area contributed by atoms with Crippen LogP contribution in [0.25, 0.3) is 17.0 Å². The minimum atomic E-state index is -0.409. The number of amides is 1. The van der Waals surface area contributed by atoms with Crippen LogP contribution in [-0.2, 0) is 22.6 Å². The number of aryl methyl sites for hydroxylation is 1. The second-order valence-corrected chi connectivity index (χ2v) is 10.9. The lowest BCUT2D eigenvalue weighted by Gasteiger charge is -2.31. The molecule has 9 heteroatoms. The van der Waals surface area contributed by atoms with Crippen LogP contribution >= 0.6 is 11.8 Å². The molecule has 0 aliphatic carbocycles. The summed E-state index contributed by atoms with van der Waals surface area (Å²) < 4.78 is 13.3. The maximum Gasteiger partial charge on any atom is 0.237 e. The Morgan fingerprint density at radius 2 is 1.86 bits per heavy atom. The number of rotatable bonds is 6. The van der Waals surface area contributed by atoms with Crippen LogP contribution in [0.4, 0.5) is 5.69 Å². The van der Waals surface area contributed by atoms with Crippen molar-refractivity contribution in [2.75, 3.05) is 12.4 Å². The van der Waals surface area contributed by atoms with E-state index in [0.717, 1.165) is 39.6 Å². The number of hydrogen-bond acceptors (Lipinski definition) is 7. The molecule has 1 aliphatic heterocycles. The molecule has 0 unspecified atom stereocenters. The molecule has 4 aromatic rings. The molecule has 186 valence electrons. The maximum absolute atomic E-state index is 13.0. The standard InChI is InChI=1S/C27H29N5O3S/c1-16-6-10-19(11-7-16)28-25(33)17(2)36-26-31-30-24-21-15-35-27(3,4)14-22(21)29-23(32(24)26)18-8-12-20(34-5)13-9-18/h6-13,17H,14-15H2,1-5H3,(H,28,33)/t17-/m0/s1. The number of methoxy groups -OCH3 is 1. The molecular weight excluding hydrogens is 474 g/mol. The third kappa shape index (κ3) is 4.81. The van der Waals surface area contributed by atoms with Gasteiger partial charge < -0.3 is 14.8 Å². The molecule has 2 aromatic carbocycles. The van der Waals surface area contributed by atoms with Gasteiger partial charge in [0.1, 0.15) is 11.6 Å². The average molecular weight is 504 g/mol. The van der Waals surface area contributed by atoms with Crippen molar-refractivity contribution in [3.8, 4) is 17.1 Å². The van der Waals surface area contributed by atoms with Gasteiger partial charge in [-0.25, -0.2) is 4.98 Å². The largest absolute Gasteiger partial charge is 0.497 e. The summed E-state index contributed by atoms with van der Waals surface area (Å²) in [4.78, 5) is 18.0. The molecule has 1 amide bonds.